The van der Waals surface area contributed by atoms with Crippen LogP contribution in [0.1, 0.15) is 50.5 Å². The largest absolute Gasteiger partial charge is 0.393 e. The molecule has 1 atom stereocenters. The molecule has 1 N–H and O–H groups in total. The van der Waals surface area contributed by atoms with Crippen molar-refractivity contribution in [1.29, 1.82) is 0 Å². The molecule has 0 radical (unpaired) electrons. The molecule has 1 aliphatic carbocycles. The smallest absolute Gasteiger partial charge is 0.0543 e. The Labute approximate surface area is 103 Å². The van der Waals surface area contributed by atoms with Crippen LogP contribution in [0.3, 0.4) is 0 Å². The highest BCUT2D eigenvalue weighted by molar-refractivity contribution is 7.07. The lowest BCUT2D eigenvalue weighted by atomic mass is 9.97. The van der Waals surface area contributed by atoms with Crippen LogP contribution in [0.5, 0.6) is 0 Å². The molecule has 2 heteroatoms. The normalized spacial score (nSPS) is 19.1. The average Bonchev–Trinajstić information content (AvgIpc) is 2.96. The Bertz CT molecular complexity index is 275. The van der Waals surface area contributed by atoms with Gasteiger partial charge in [-0.2, -0.15) is 11.3 Å². The van der Waals surface area contributed by atoms with Crippen LogP contribution >= 0.6 is 11.3 Å². The van der Waals surface area contributed by atoms with E-state index in [1.165, 1.54) is 37.7 Å². The zero-order chi connectivity index (χ0) is 11.2. The molecule has 1 aromatic rings. The molecular formula is C14H22OS. The van der Waals surface area contributed by atoms with Gasteiger partial charge in [0.1, 0.15) is 0 Å². The lowest BCUT2D eigenvalue weighted by Gasteiger charge is -2.13. The molecule has 1 nitrogen and oxygen atoms in total. The summed E-state index contributed by atoms with van der Waals surface area (Å²) in [6, 6.07) is 2.16. The van der Waals surface area contributed by atoms with Gasteiger partial charge in [-0.05, 0) is 54.0 Å². The topological polar surface area (TPSA) is 20.2 Å². The Morgan fingerprint density at radius 3 is 2.81 bits per heavy atom. The highest BCUT2D eigenvalue weighted by atomic mass is 32.1. The summed E-state index contributed by atoms with van der Waals surface area (Å²) in [5.74, 6) is 0.913. The van der Waals surface area contributed by atoms with Crippen LogP contribution in [0.25, 0.3) is 0 Å². The molecule has 1 heterocycles. The monoisotopic (exact) mass is 238 g/mol. The van der Waals surface area contributed by atoms with Gasteiger partial charge in [0, 0.05) is 0 Å². The minimum Gasteiger partial charge on any atom is -0.393 e. The van der Waals surface area contributed by atoms with Crippen LogP contribution in [0.2, 0.25) is 0 Å². The van der Waals surface area contributed by atoms with E-state index in [-0.39, 0.29) is 6.10 Å². The molecule has 1 aromatic heterocycles. The van der Waals surface area contributed by atoms with Gasteiger partial charge in [-0.1, -0.05) is 25.7 Å². The van der Waals surface area contributed by atoms with E-state index in [4.69, 9.17) is 0 Å². The van der Waals surface area contributed by atoms with E-state index in [1.807, 2.05) is 0 Å². The van der Waals surface area contributed by atoms with E-state index in [9.17, 15) is 5.11 Å². The van der Waals surface area contributed by atoms with E-state index in [2.05, 4.69) is 16.8 Å². The van der Waals surface area contributed by atoms with Gasteiger partial charge in [0.25, 0.3) is 0 Å². The molecular weight excluding hydrogens is 216 g/mol. The minimum atomic E-state index is -0.0829. The molecule has 0 saturated heterocycles. The van der Waals surface area contributed by atoms with E-state index in [1.54, 1.807) is 11.3 Å². The third-order valence-electron chi connectivity index (χ3n) is 3.73. The standard InChI is InChI=1S/C14H22OS/c15-14(7-5-12-3-1-2-4-12)8-6-13-9-10-16-11-13/h9-12,14-15H,1-8H2. The third-order valence-corrected chi connectivity index (χ3v) is 4.46. The van der Waals surface area contributed by atoms with Crippen molar-refractivity contribution in [1.82, 2.24) is 0 Å². The van der Waals surface area contributed by atoms with Crippen LogP contribution in [-0.2, 0) is 6.42 Å². The maximum absolute atomic E-state index is 9.91. The van der Waals surface area contributed by atoms with Gasteiger partial charge < -0.3 is 5.11 Å². The van der Waals surface area contributed by atoms with Crippen molar-refractivity contribution >= 4 is 11.3 Å². The van der Waals surface area contributed by atoms with Crippen molar-refractivity contribution in [2.45, 2.75) is 57.5 Å². The molecule has 1 saturated carbocycles. The Morgan fingerprint density at radius 1 is 1.31 bits per heavy atom. The van der Waals surface area contributed by atoms with Gasteiger partial charge in [0.2, 0.25) is 0 Å². The maximum Gasteiger partial charge on any atom is 0.0543 e. The van der Waals surface area contributed by atoms with Crippen LogP contribution in [0.15, 0.2) is 16.8 Å². The Hall–Kier alpha value is -0.340. The molecule has 0 aliphatic heterocycles. The van der Waals surface area contributed by atoms with Crippen molar-refractivity contribution in [2.24, 2.45) is 5.92 Å². The van der Waals surface area contributed by atoms with Crippen LogP contribution in [0, 0.1) is 5.92 Å². The fourth-order valence-electron chi connectivity index (χ4n) is 2.64. The highest BCUT2D eigenvalue weighted by Crippen LogP contribution is 2.29. The molecule has 1 aliphatic rings. The second-order valence-electron chi connectivity index (χ2n) is 5.05. The number of aliphatic hydroxyl groups excluding tert-OH is 1. The van der Waals surface area contributed by atoms with E-state index in [0.29, 0.717) is 0 Å². The predicted molar refractivity (Wildman–Crippen MR) is 69.8 cm³/mol. The summed E-state index contributed by atoms with van der Waals surface area (Å²) in [6.07, 6.45) is 9.76. The van der Waals surface area contributed by atoms with Crippen molar-refractivity contribution in [2.75, 3.05) is 0 Å². The Morgan fingerprint density at radius 2 is 2.12 bits per heavy atom. The molecule has 16 heavy (non-hydrogen) atoms. The molecule has 0 aromatic carbocycles. The maximum atomic E-state index is 9.91. The summed E-state index contributed by atoms with van der Waals surface area (Å²) in [5, 5.41) is 14.2. The summed E-state index contributed by atoms with van der Waals surface area (Å²) in [6.45, 7) is 0. The third kappa shape index (κ3) is 3.91. The fraction of sp³-hybridized carbons (Fsp3) is 0.714. The average molecular weight is 238 g/mol. The van der Waals surface area contributed by atoms with E-state index >= 15 is 0 Å². The first-order valence-corrected chi connectivity index (χ1v) is 7.48. The number of thiophene rings is 1. The van der Waals surface area contributed by atoms with Crippen LogP contribution in [0.4, 0.5) is 0 Å². The number of rotatable bonds is 6. The van der Waals surface area contributed by atoms with Gasteiger partial charge in [0.05, 0.1) is 6.10 Å². The Balaban J connectivity index is 1.58. The number of aliphatic hydroxyl groups is 1. The van der Waals surface area contributed by atoms with Gasteiger partial charge >= 0.3 is 0 Å². The van der Waals surface area contributed by atoms with Crippen LogP contribution in [-0.4, -0.2) is 11.2 Å². The van der Waals surface area contributed by atoms with Crippen molar-refractivity contribution in [3.8, 4) is 0 Å². The summed E-state index contributed by atoms with van der Waals surface area (Å²) >= 11 is 1.74. The van der Waals surface area contributed by atoms with Crippen molar-refractivity contribution < 1.29 is 5.11 Å². The van der Waals surface area contributed by atoms with E-state index < -0.39 is 0 Å². The first-order chi connectivity index (χ1) is 7.84. The molecule has 0 amide bonds. The summed E-state index contributed by atoms with van der Waals surface area (Å²) in [7, 11) is 0. The molecule has 1 fully saturated rings. The summed E-state index contributed by atoms with van der Waals surface area (Å²) in [5.41, 5.74) is 1.38. The number of hydrogen-bond acceptors (Lipinski definition) is 2. The Kier molecular flexibility index (Phi) is 4.86. The first kappa shape index (κ1) is 12.1. The lowest BCUT2D eigenvalue weighted by Crippen LogP contribution is -2.09. The number of aryl methyl sites for hydroxylation is 1. The minimum absolute atomic E-state index is 0.0829. The van der Waals surface area contributed by atoms with Gasteiger partial charge in [0.15, 0.2) is 0 Å². The lowest BCUT2D eigenvalue weighted by molar-refractivity contribution is 0.145. The van der Waals surface area contributed by atoms with E-state index in [0.717, 1.165) is 25.2 Å². The van der Waals surface area contributed by atoms with Gasteiger partial charge in [-0.25, -0.2) is 0 Å². The van der Waals surface area contributed by atoms with Crippen molar-refractivity contribution in [3.63, 3.8) is 0 Å². The zero-order valence-electron chi connectivity index (χ0n) is 9.90. The fourth-order valence-corrected chi connectivity index (χ4v) is 3.34. The SMILES string of the molecule is OC(CCc1ccsc1)CCC1CCCC1. The molecule has 0 bridgehead atoms. The van der Waals surface area contributed by atoms with Gasteiger partial charge in [-0.15, -0.1) is 0 Å². The van der Waals surface area contributed by atoms with Gasteiger partial charge in [-0.3, -0.25) is 0 Å². The summed E-state index contributed by atoms with van der Waals surface area (Å²) < 4.78 is 0. The highest BCUT2D eigenvalue weighted by Gasteiger charge is 2.16. The zero-order valence-corrected chi connectivity index (χ0v) is 10.7. The molecule has 0 spiro atoms. The predicted octanol–water partition coefficient (Wildman–Crippen LogP) is 4.01. The number of hydrogen-bond donors (Lipinski definition) is 1. The quantitative estimate of drug-likeness (QED) is 0.794. The summed E-state index contributed by atoms with van der Waals surface area (Å²) in [4.78, 5) is 0. The molecule has 90 valence electrons. The second kappa shape index (κ2) is 6.41. The van der Waals surface area contributed by atoms with Crippen LogP contribution < -0.4 is 0 Å². The first-order valence-electron chi connectivity index (χ1n) is 6.54. The molecule has 2 rings (SSSR count). The van der Waals surface area contributed by atoms with Crippen molar-refractivity contribution in [3.05, 3.63) is 22.4 Å². The molecule has 1 unspecified atom stereocenters. The second-order valence-corrected chi connectivity index (χ2v) is 5.83.